The van der Waals surface area contributed by atoms with E-state index >= 15 is 0 Å². The number of nitrogens with zero attached hydrogens (tertiary/aromatic N) is 2. The summed E-state index contributed by atoms with van der Waals surface area (Å²) in [5.41, 5.74) is 1.09. The molecule has 0 fully saturated rings. The fourth-order valence-electron chi connectivity index (χ4n) is 1.28. The Morgan fingerprint density at radius 3 is 2.06 bits per heavy atom. The van der Waals surface area contributed by atoms with Gasteiger partial charge in [-0.15, -0.1) is 0 Å². The predicted molar refractivity (Wildman–Crippen MR) is 80.3 cm³/mol. The van der Waals surface area contributed by atoms with Crippen molar-refractivity contribution in [2.24, 2.45) is 4.99 Å². The van der Waals surface area contributed by atoms with E-state index in [0.717, 1.165) is 0 Å². The first-order valence-electron chi connectivity index (χ1n) is 5.58. The minimum absolute atomic E-state index is 0.0701. The third-order valence-electron chi connectivity index (χ3n) is 2.11. The first-order valence-corrected chi connectivity index (χ1v) is 6.81. The van der Waals surface area contributed by atoms with Gasteiger partial charge in [-0.2, -0.15) is 0 Å². The summed E-state index contributed by atoms with van der Waals surface area (Å²) in [6, 6.07) is -0.0701. The average Bonchev–Trinajstić information content (AvgIpc) is 2.26. The van der Waals surface area contributed by atoms with Crippen LogP contribution in [-0.4, -0.2) is 34.1 Å². The van der Waals surface area contributed by atoms with Crippen LogP contribution in [0.15, 0.2) is 29.3 Å². The Hall–Kier alpha value is -1.36. The largest absolute Gasteiger partial charge is 0.290 e. The fourth-order valence-corrected chi connectivity index (χ4v) is 1.46. The summed E-state index contributed by atoms with van der Waals surface area (Å²) >= 11 is 1.21. The highest BCUT2D eigenvalue weighted by molar-refractivity contribution is 8.13. The lowest BCUT2D eigenvalue weighted by molar-refractivity contribution is -0.124. The van der Waals surface area contributed by atoms with Crippen molar-refractivity contribution in [3.63, 3.8) is 0 Å². The Morgan fingerprint density at radius 2 is 1.78 bits per heavy atom. The number of hydrogen-bond donors (Lipinski definition) is 1. The smallest absolute Gasteiger partial charge is 0.254 e. The van der Waals surface area contributed by atoms with Crippen LogP contribution >= 0.6 is 11.8 Å². The summed E-state index contributed by atoms with van der Waals surface area (Å²) in [5, 5.41) is 7.76. The number of rotatable bonds is 3. The maximum atomic E-state index is 12.1. The molecule has 100 valence electrons. The highest BCUT2D eigenvalue weighted by atomic mass is 32.2. The summed E-state index contributed by atoms with van der Waals surface area (Å²) in [6.45, 7) is 14.7. The normalized spacial score (nSPS) is 11.3. The fraction of sp³-hybridized carbons (Fsp3) is 0.462. The molecule has 0 aliphatic heterocycles. The quantitative estimate of drug-likeness (QED) is 0.485. The molecule has 0 saturated heterocycles. The van der Waals surface area contributed by atoms with Crippen molar-refractivity contribution in [1.29, 1.82) is 5.41 Å². The van der Waals surface area contributed by atoms with Crippen molar-refractivity contribution in [2.75, 3.05) is 6.26 Å². The van der Waals surface area contributed by atoms with Crippen LogP contribution in [0.2, 0.25) is 0 Å². The molecule has 0 saturated carbocycles. The predicted octanol–water partition coefficient (Wildman–Crippen LogP) is 3.07. The molecular formula is C13H21N3OS. The SMILES string of the molecule is C=C(C)C(=O)N(/C(=N/C(=N)SC)C(=C)C)C(C)C. The molecule has 0 aliphatic carbocycles. The zero-order valence-electron chi connectivity index (χ0n) is 11.7. The maximum Gasteiger partial charge on any atom is 0.254 e. The lowest BCUT2D eigenvalue weighted by Gasteiger charge is -2.28. The lowest BCUT2D eigenvalue weighted by Crippen LogP contribution is -2.43. The Labute approximate surface area is 113 Å². The summed E-state index contributed by atoms with van der Waals surface area (Å²) in [6.07, 6.45) is 1.77. The molecule has 1 amide bonds. The molecule has 1 N–H and O–H groups in total. The number of aliphatic imine (C=N–C) groups is 1. The summed E-state index contributed by atoms with van der Waals surface area (Å²) in [7, 11) is 0. The molecule has 0 aromatic carbocycles. The lowest BCUT2D eigenvalue weighted by atomic mass is 10.2. The molecule has 0 aliphatic rings. The highest BCUT2D eigenvalue weighted by Gasteiger charge is 2.23. The van der Waals surface area contributed by atoms with Crippen molar-refractivity contribution < 1.29 is 4.79 Å². The summed E-state index contributed by atoms with van der Waals surface area (Å²) in [4.78, 5) is 17.8. The van der Waals surface area contributed by atoms with Crippen molar-refractivity contribution in [2.45, 2.75) is 33.7 Å². The van der Waals surface area contributed by atoms with Crippen LogP contribution in [-0.2, 0) is 4.79 Å². The maximum absolute atomic E-state index is 12.1. The number of amidine groups is 2. The number of amides is 1. The summed E-state index contributed by atoms with van der Waals surface area (Å²) < 4.78 is 0. The van der Waals surface area contributed by atoms with Crippen LogP contribution in [0.5, 0.6) is 0 Å². The standard InChI is InChI=1S/C13H21N3OS/c1-8(2)11(15-13(14)18-7)16(10(5)6)12(17)9(3)4/h10,14H,1,3H2,2,4-7H3/b14-13?,15-11+. The van der Waals surface area contributed by atoms with Gasteiger partial charge >= 0.3 is 0 Å². The Bertz CT molecular complexity index is 410. The van der Waals surface area contributed by atoms with Crippen molar-refractivity contribution >= 4 is 28.7 Å². The minimum atomic E-state index is -0.194. The summed E-state index contributed by atoms with van der Waals surface area (Å²) in [5.74, 6) is 0.234. The van der Waals surface area contributed by atoms with Crippen LogP contribution < -0.4 is 0 Å². The number of hydrogen-bond acceptors (Lipinski definition) is 3. The second kappa shape index (κ2) is 7.16. The van der Waals surface area contributed by atoms with E-state index in [-0.39, 0.29) is 17.1 Å². The van der Waals surface area contributed by atoms with E-state index in [1.54, 1.807) is 20.1 Å². The Morgan fingerprint density at radius 1 is 1.28 bits per heavy atom. The second-order valence-electron chi connectivity index (χ2n) is 4.27. The van der Waals surface area contributed by atoms with E-state index in [4.69, 9.17) is 5.41 Å². The van der Waals surface area contributed by atoms with Crippen LogP contribution in [0.1, 0.15) is 27.7 Å². The van der Waals surface area contributed by atoms with E-state index in [0.29, 0.717) is 17.0 Å². The van der Waals surface area contributed by atoms with Gasteiger partial charge in [0.1, 0.15) is 5.84 Å². The minimum Gasteiger partial charge on any atom is -0.290 e. The molecule has 0 bridgehead atoms. The van der Waals surface area contributed by atoms with E-state index in [1.165, 1.54) is 16.7 Å². The molecule has 18 heavy (non-hydrogen) atoms. The Kier molecular flexibility index (Phi) is 6.62. The molecule has 0 aromatic rings. The second-order valence-corrected chi connectivity index (χ2v) is 5.07. The number of carbonyl (C=O) groups excluding carboxylic acids is 1. The molecule has 0 spiro atoms. The van der Waals surface area contributed by atoms with Gasteiger partial charge in [0.25, 0.3) is 5.91 Å². The monoisotopic (exact) mass is 267 g/mol. The molecule has 0 unspecified atom stereocenters. The van der Waals surface area contributed by atoms with Crippen LogP contribution in [0.4, 0.5) is 0 Å². The number of thioether (sulfide) groups is 1. The molecular weight excluding hydrogens is 246 g/mol. The van der Waals surface area contributed by atoms with Gasteiger partial charge in [0.2, 0.25) is 0 Å². The van der Waals surface area contributed by atoms with Crippen LogP contribution in [0.3, 0.4) is 0 Å². The molecule has 5 heteroatoms. The molecule has 0 rings (SSSR count). The van der Waals surface area contributed by atoms with Crippen LogP contribution in [0, 0.1) is 5.41 Å². The van der Waals surface area contributed by atoms with Crippen LogP contribution in [0.25, 0.3) is 0 Å². The van der Waals surface area contributed by atoms with Gasteiger partial charge in [0.05, 0.1) is 0 Å². The van der Waals surface area contributed by atoms with E-state index < -0.39 is 0 Å². The number of nitrogens with one attached hydrogen (secondary N) is 1. The molecule has 0 aromatic heterocycles. The number of carbonyl (C=O) groups is 1. The van der Waals surface area contributed by atoms with Crippen molar-refractivity contribution in [3.8, 4) is 0 Å². The van der Waals surface area contributed by atoms with Gasteiger partial charge < -0.3 is 0 Å². The molecule has 4 nitrogen and oxygen atoms in total. The third-order valence-corrected chi connectivity index (χ3v) is 2.59. The van der Waals surface area contributed by atoms with Gasteiger partial charge in [-0.1, -0.05) is 24.9 Å². The Balaban J connectivity index is 5.60. The van der Waals surface area contributed by atoms with Crippen molar-refractivity contribution in [1.82, 2.24) is 4.90 Å². The van der Waals surface area contributed by atoms with Crippen molar-refractivity contribution in [3.05, 3.63) is 24.3 Å². The van der Waals surface area contributed by atoms with E-state index in [2.05, 4.69) is 18.2 Å². The van der Waals surface area contributed by atoms with Gasteiger partial charge in [-0.25, -0.2) is 4.99 Å². The highest BCUT2D eigenvalue weighted by Crippen LogP contribution is 2.12. The molecule has 0 radical (unpaired) electrons. The van der Waals surface area contributed by atoms with E-state index in [1.807, 2.05) is 13.8 Å². The van der Waals surface area contributed by atoms with E-state index in [9.17, 15) is 4.79 Å². The first-order chi connectivity index (χ1) is 8.22. The van der Waals surface area contributed by atoms with Gasteiger partial charge in [0.15, 0.2) is 5.17 Å². The van der Waals surface area contributed by atoms with Gasteiger partial charge in [0, 0.05) is 11.6 Å². The first kappa shape index (κ1) is 16.6. The topological polar surface area (TPSA) is 56.5 Å². The van der Waals surface area contributed by atoms with Gasteiger partial charge in [-0.05, 0) is 39.5 Å². The third kappa shape index (κ3) is 4.49. The molecule has 0 atom stereocenters. The zero-order valence-corrected chi connectivity index (χ0v) is 12.5. The average molecular weight is 267 g/mol. The molecule has 0 heterocycles. The zero-order chi connectivity index (χ0) is 14.5. The van der Waals surface area contributed by atoms with Gasteiger partial charge in [-0.3, -0.25) is 15.1 Å².